The molecule has 1 aliphatic rings. The zero-order valence-electron chi connectivity index (χ0n) is 12.6. The third kappa shape index (κ3) is 3.10. The van der Waals surface area contributed by atoms with Crippen LogP contribution in [0.1, 0.15) is 20.3 Å². The summed E-state index contributed by atoms with van der Waals surface area (Å²) in [7, 11) is 0. The van der Waals surface area contributed by atoms with Crippen molar-refractivity contribution < 1.29 is 13.7 Å². The number of hydrogen-bond donors (Lipinski definition) is 1. The first kappa shape index (κ1) is 14.6. The van der Waals surface area contributed by atoms with E-state index in [4.69, 9.17) is 4.52 Å². The molecule has 0 unspecified atom stereocenters. The lowest BCUT2D eigenvalue weighted by Crippen LogP contribution is -2.34. The van der Waals surface area contributed by atoms with Gasteiger partial charge >= 0.3 is 6.03 Å². The lowest BCUT2D eigenvalue weighted by molar-refractivity contribution is 0.216. The van der Waals surface area contributed by atoms with Gasteiger partial charge in [0.15, 0.2) is 11.6 Å². The molecule has 6 heteroatoms. The summed E-state index contributed by atoms with van der Waals surface area (Å²) in [5.74, 6) is 0.393. The zero-order chi connectivity index (χ0) is 15.7. The number of hydrogen-bond acceptors (Lipinski definition) is 3. The van der Waals surface area contributed by atoms with Crippen LogP contribution in [0.3, 0.4) is 0 Å². The minimum absolute atomic E-state index is 0.147. The molecular weight excluding hydrogens is 285 g/mol. The Balaban J connectivity index is 1.68. The van der Waals surface area contributed by atoms with Gasteiger partial charge in [0.1, 0.15) is 5.82 Å². The Bertz CT molecular complexity index is 696. The van der Waals surface area contributed by atoms with E-state index in [1.54, 1.807) is 23.1 Å². The van der Waals surface area contributed by atoms with Gasteiger partial charge in [-0.25, -0.2) is 9.18 Å². The first-order valence-corrected chi connectivity index (χ1v) is 7.22. The number of urea groups is 1. The third-order valence-electron chi connectivity index (χ3n) is 3.82. The molecule has 3 rings (SSSR count). The van der Waals surface area contributed by atoms with E-state index in [9.17, 15) is 9.18 Å². The Labute approximate surface area is 128 Å². The van der Waals surface area contributed by atoms with E-state index in [-0.39, 0.29) is 17.3 Å². The van der Waals surface area contributed by atoms with Crippen LogP contribution in [0.5, 0.6) is 0 Å². The van der Waals surface area contributed by atoms with Crippen LogP contribution in [0.25, 0.3) is 11.3 Å². The summed E-state index contributed by atoms with van der Waals surface area (Å²) in [5.41, 5.74) is 0.726. The molecule has 1 fully saturated rings. The maximum atomic E-state index is 13.2. The van der Waals surface area contributed by atoms with Crippen LogP contribution in [0, 0.1) is 11.2 Å². The van der Waals surface area contributed by atoms with E-state index in [1.807, 2.05) is 0 Å². The molecule has 1 saturated heterocycles. The van der Waals surface area contributed by atoms with E-state index in [1.165, 1.54) is 12.1 Å². The van der Waals surface area contributed by atoms with Crippen LogP contribution in [0.15, 0.2) is 34.9 Å². The van der Waals surface area contributed by atoms with Gasteiger partial charge in [-0.3, -0.25) is 5.32 Å². The summed E-state index contributed by atoms with van der Waals surface area (Å²) < 4.78 is 18.4. The minimum atomic E-state index is -0.348. The lowest BCUT2D eigenvalue weighted by atomic mass is 9.93. The van der Waals surface area contributed by atoms with Gasteiger partial charge in [-0.15, -0.1) is 0 Å². The lowest BCUT2D eigenvalue weighted by Gasteiger charge is -2.19. The summed E-state index contributed by atoms with van der Waals surface area (Å²) >= 11 is 0. The van der Waals surface area contributed by atoms with Gasteiger partial charge in [0.2, 0.25) is 0 Å². The average molecular weight is 303 g/mol. The first-order chi connectivity index (χ1) is 10.4. The number of aromatic nitrogens is 1. The second-order valence-corrected chi connectivity index (χ2v) is 6.35. The largest absolute Gasteiger partial charge is 0.354 e. The molecule has 1 aromatic carbocycles. The van der Waals surface area contributed by atoms with Crippen molar-refractivity contribution in [1.82, 2.24) is 10.1 Å². The van der Waals surface area contributed by atoms with Crippen molar-refractivity contribution in [1.29, 1.82) is 0 Å². The quantitative estimate of drug-likeness (QED) is 0.919. The Morgan fingerprint density at radius 2 is 2.23 bits per heavy atom. The first-order valence-electron chi connectivity index (χ1n) is 7.22. The number of carbonyl (C=O) groups is 1. The minimum Gasteiger partial charge on any atom is -0.354 e. The summed E-state index contributed by atoms with van der Waals surface area (Å²) in [5, 5.41) is 6.53. The van der Waals surface area contributed by atoms with Crippen molar-refractivity contribution >= 4 is 11.8 Å². The molecule has 22 heavy (non-hydrogen) atoms. The summed E-state index contributed by atoms with van der Waals surface area (Å²) in [6, 6.07) is 7.43. The molecule has 1 N–H and O–H groups in total. The average Bonchev–Trinajstić information content (AvgIpc) is 3.05. The fraction of sp³-hybridized carbons (Fsp3) is 0.375. The molecule has 0 atom stereocenters. The molecule has 5 nitrogen and oxygen atoms in total. The topological polar surface area (TPSA) is 58.4 Å². The molecule has 2 amide bonds. The Hall–Kier alpha value is -2.37. The number of nitrogens with zero attached hydrogens (tertiary/aromatic N) is 2. The van der Waals surface area contributed by atoms with Crippen molar-refractivity contribution in [2.75, 3.05) is 18.4 Å². The number of anilines is 1. The molecular formula is C16H18FN3O2. The highest BCUT2D eigenvalue weighted by Crippen LogP contribution is 2.29. The van der Waals surface area contributed by atoms with Gasteiger partial charge in [0.05, 0.1) is 0 Å². The number of carbonyl (C=O) groups excluding carboxylic acids is 1. The highest BCUT2D eigenvalue weighted by atomic mass is 19.1. The molecule has 0 aliphatic carbocycles. The van der Waals surface area contributed by atoms with Crippen molar-refractivity contribution in [2.45, 2.75) is 20.3 Å². The zero-order valence-corrected chi connectivity index (χ0v) is 12.6. The van der Waals surface area contributed by atoms with Gasteiger partial charge in [0.25, 0.3) is 0 Å². The van der Waals surface area contributed by atoms with Crippen molar-refractivity contribution in [3.63, 3.8) is 0 Å². The number of amides is 2. The number of halogens is 1. The van der Waals surface area contributed by atoms with Gasteiger partial charge in [-0.2, -0.15) is 0 Å². The smallest absolute Gasteiger partial charge is 0.323 e. The van der Waals surface area contributed by atoms with Crippen LogP contribution in [0.4, 0.5) is 15.0 Å². The summed E-state index contributed by atoms with van der Waals surface area (Å²) in [6.07, 6.45) is 0.980. The molecule has 2 heterocycles. The fourth-order valence-corrected chi connectivity index (χ4v) is 2.59. The van der Waals surface area contributed by atoms with Crippen LogP contribution < -0.4 is 5.32 Å². The van der Waals surface area contributed by atoms with Crippen molar-refractivity contribution in [2.24, 2.45) is 5.41 Å². The SMILES string of the molecule is CC1(C)CCN(C(=O)Nc2cc(-c3cccc(F)c3)on2)C1. The Kier molecular flexibility index (Phi) is 3.60. The number of likely N-dealkylation sites (tertiary alicyclic amines) is 1. The van der Waals surface area contributed by atoms with E-state index >= 15 is 0 Å². The normalized spacial score (nSPS) is 16.8. The van der Waals surface area contributed by atoms with Gasteiger partial charge in [-0.1, -0.05) is 31.1 Å². The van der Waals surface area contributed by atoms with Crippen molar-refractivity contribution in [3.8, 4) is 11.3 Å². The monoisotopic (exact) mass is 303 g/mol. The van der Waals surface area contributed by atoms with Crippen molar-refractivity contribution in [3.05, 3.63) is 36.1 Å². The molecule has 2 aromatic rings. The molecule has 1 aliphatic heterocycles. The van der Waals surface area contributed by atoms with Gasteiger partial charge in [0, 0.05) is 24.7 Å². The molecule has 0 saturated carbocycles. The number of nitrogens with one attached hydrogen (secondary N) is 1. The second-order valence-electron chi connectivity index (χ2n) is 6.35. The van der Waals surface area contributed by atoms with E-state index in [2.05, 4.69) is 24.3 Å². The van der Waals surface area contributed by atoms with E-state index in [0.29, 0.717) is 23.7 Å². The number of rotatable bonds is 2. The van der Waals surface area contributed by atoms with Crippen LogP contribution in [-0.4, -0.2) is 29.2 Å². The predicted molar refractivity (Wildman–Crippen MR) is 80.9 cm³/mol. The van der Waals surface area contributed by atoms with Crippen LogP contribution in [-0.2, 0) is 0 Å². The predicted octanol–water partition coefficient (Wildman–Crippen LogP) is 3.74. The maximum absolute atomic E-state index is 13.2. The summed E-state index contributed by atoms with van der Waals surface area (Å²) in [4.78, 5) is 13.9. The fourth-order valence-electron chi connectivity index (χ4n) is 2.59. The van der Waals surface area contributed by atoms with Gasteiger partial charge in [-0.05, 0) is 24.0 Å². The highest BCUT2D eigenvalue weighted by molar-refractivity contribution is 5.89. The summed E-state index contributed by atoms with van der Waals surface area (Å²) in [6.45, 7) is 5.72. The van der Waals surface area contributed by atoms with Crippen LogP contribution in [0.2, 0.25) is 0 Å². The second kappa shape index (κ2) is 5.44. The molecule has 0 spiro atoms. The highest BCUT2D eigenvalue weighted by Gasteiger charge is 2.32. The maximum Gasteiger partial charge on any atom is 0.323 e. The molecule has 0 radical (unpaired) electrons. The van der Waals surface area contributed by atoms with Crippen LogP contribution >= 0.6 is 0 Å². The van der Waals surface area contributed by atoms with E-state index in [0.717, 1.165) is 13.0 Å². The molecule has 1 aromatic heterocycles. The Morgan fingerprint density at radius 1 is 1.41 bits per heavy atom. The van der Waals surface area contributed by atoms with Gasteiger partial charge < -0.3 is 9.42 Å². The molecule has 116 valence electrons. The van der Waals surface area contributed by atoms with E-state index < -0.39 is 0 Å². The standard InChI is InChI=1S/C16H18FN3O2/c1-16(2)6-7-20(10-16)15(21)18-14-9-13(22-19-14)11-4-3-5-12(17)8-11/h3-5,8-9H,6-7,10H2,1-2H3,(H,18,19,21). The Morgan fingerprint density at radius 3 is 2.91 bits per heavy atom. The number of benzene rings is 1. The third-order valence-corrected chi connectivity index (χ3v) is 3.82. The molecule has 0 bridgehead atoms.